The molecular weight excluding hydrogens is 786 g/mol. The Morgan fingerprint density at radius 2 is 1.00 bits per heavy atom. The minimum absolute atomic E-state index is 0.0994. The summed E-state index contributed by atoms with van der Waals surface area (Å²) in [7, 11) is 0. The number of carbonyl (C=O) groups is 9. The first-order valence-corrected chi connectivity index (χ1v) is 16.0. The number of rotatable bonds is 6. The summed E-state index contributed by atoms with van der Waals surface area (Å²) >= 11 is 0. The van der Waals surface area contributed by atoms with Crippen LogP contribution in [0.5, 0.6) is 11.5 Å². The molecule has 2 fully saturated rings. The van der Waals surface area contributed by atoms with Gasteiger partial charge in [-0.25, -0.2) is 14.4 Å². The molecule has 0 atom stereocenters. The van der Waals surface area contributed by atoms with Crippen molar-refractivity contribution in [1.82, 2.24) is 10.1 Å². The first-order valence-electron chi connectivity index (χ1n) is 16.0. The number of alkyl halides is 6. The van der Waals surface area contributed by atoms with Gasteiger partial charge >= 0.3 is 42.1 Å². The zero-order valence-corrected chi connectivity index (χ0v) is 27.9. The van der Waals surface area contributed by atoms with Gasteiger partial charge in [0.2, 0.25) is 0 Å². The number of halogens is 6. The Hall–Kier alpha value is -7.33. The number of benzene rings is 3. The molecule has 23 heteroatoms. The van der Waals surface area contributed by atoms with Crippen LogP contribution in [0.3, 0.4) is 0 Å². The Morgan fingerprint density at radius 3 is 1.40 bits per heavy atom. The summed E-state index contributed by atoms with van der Waals surface area (Å²) in [5, 5.41) is 3.36. The van der Waals surface area contributed by atoms with Gasteiger partial charge in [-0.3, -0.25) is 28.8 Å². The summed E-state index contributed by atoms with van der Waals surface area (Å²) in [4.78, 5) is 124. The van der Waals surface area contributed by atoms with Gasteiger partial charge in [-0.2, -0.15) is 26.3 Å². The van der Waals surface area contributed by atoms with Gasteiger partial charge in [0.05, 0.1) is 16.7 Å². The number of imide groups is 2. The van der Waals surface area contributed by atoms with Crippen molar-refractivity contribution in [3.05, 3.63) is 81.9 Å². The van der Waals surface area contributed by atoms with Crippen molar-refractivity contribution in [2.24, 2.45) is 0 Å². The van der Waals surface area contributed by atoms with Crippen molar-refractivity contribution >= 4 is 64.7 Å². The van der Waals surface area contributed by atoms with Gasteiger partial charge in [0.25, 0.3) is 23.6 Å². The van der Waals surface area contributed by atoms with E-state index in [-0.39, 0.29) is 52.5 Å². The summed E-state index contributed by atoms with van der Waals surface area (Å²) in [6, 6.07) is 7.08. The quantitative estimate of drug-likeness (QED) is 0.207. The van der Waals surface area contributed by atoms with Gasteiger partial charge in [-0.15, -0.1) is 10.1 Å². The van der Waals surface area contributed by atoms with Crippen molar-refractivity contribution in [2.75, 3.05) is 10.6 Å². The number of anilines is 2. The summed E-state index contributed by atoms with van der Waals surface area (Å²) in [5.74, 6) is -14.1. The molecule has 57 heavy (non-hydrogen) atoms. The van der Waals surface area contributed by atoms with Gasteiger partial charge < -0.3 is 29.8 Å². The van der Waals surface area contributed by atoms with E-state index in [0.717, 1.165) is 42.5 Å². The van der Waals surface area contributed by atoms with Crippen LogP contribution in [-0.2, 0) is 48.8 Å². The number of esters is 1. The molecular formula is C34H18F6N4O13. The van der Waals surface area contributed by atoms with E-state index in [9.17, 15) is 69.5 Å². The number of hydrogen-bond acceptors (Lipinski definition) is 13. The number of fused-ring (bicyclic) bond motifs is 6. The monoisotopic (exact) mass is 804 g/mol. The molecule has 4 heterocycles. The Labute approximate surface area is 311 Å². The summed E-state index contributed by atoms with van der Waals surface area (Å²) < 4.78 is 90.3. The molecule has 0 saturated carbocycles. The second-order valence-electron chi connectivity index (χ2n) is 12.4. The van der Waals surface area contributed by atoms with Crippen LogP contribution in [0.15, 0.2) is 48.5 Å². The minimum Gasteiger partial charge on any atom is -0.456 e. The van der Waals surface area contributed by atoms with Crippen molar-refractivity contribution < 1.29 is 88.6 Å². The van der Waals surface area contributed by atoms with E-state index in [1.807, 2.05) is 0 Å². The zero-order valence-electron chi connectivity index (χ0n) is 27.9. The molecule has 294 valence electrons. The number of carbonyl (C=O) groups excluding carboxylic acids is 9. The summed E-state index contributed by atoms with van der Waals surface area (Å²) in [5.41, 5.74) is -6.63. The number of hydrogen-bond donors (Lipinski definition) is 2. The van der Waals surface area contributed by atoms with Crippen LogP contribution in [0, 0.1) is 0 Å². The van der Waals surface area contributed by atoms with E-state index < -0.39 is 111 Å². The third kappa shape index (κ3) is 6.50. The third-order valence-corrected chi connectivity index (χ3v) is 8.77. The molecule has 0 aliphatic carbocycles. The topological polar surface area (TPSA) is 221 Å². The SMILES string of the molecule is O=C(ON1C(=O)CCC1=O)c1cc2c(cc1C(=O)ON1C(=O)CCC1=O)C1(OC2=O)c2ccc(NC(=O)C(F)(F)F)cc2Oc2cc(NC(=O)C(F)(F)F)ccc21. The lowest BCUT2D eigenvalue weighted by atomic mass is 9.76. The number of nitrogens with one attached hydrogen (secondary N) is 2. The Morgan fingerprint density at radius 1 is 0.596 bits per heavy atom. The van der Waals surface area contributed by atoms with Crippen LogP contribution >= 0.6 is 0 Å². The van der Waals surface area contributed by atoms with Crippen LogP contribution in [0.4, 0.5) is 37.7 Å². The predicted molar refractivity (Wildman–Crippen MR) is 167 cm³/mol. The molecule has 3 aromatic rings. The van der Waals surface area contributed by atoms with Gasteiger partial charge in [0.15, 0.2) is 5.60 Å². The van der Waals surface area contributed by atoms with Gasteiger partial charge in [-0.05, 0) is 36.4 Å². The molecule has 6 amide bonds. The van der Waals surface area contributed by atoms with Crippen LogP contribution in [0.2, 0.25) is 0 Å². The molecule has 2 N–H and O–H groups in total. The molecule has 4 aliphatic heterocycles. The molecule has 2 saturated heterocycles. The normalized spacial score (nSPS) is 16.8. The van der Waals surface area contributed by atoms with E-state index >= 15 is 0 Å². The largest absolute Gasteiger partial charge is 0.471 e. The highest BCUT2D eigenvalue weighted by molar-refractivity contribution is 6.10. The lowest BCUT2D eigenvalue weighted by Gasteiger charge is -2.37. The summed E-state index contributed by atoms with van der Waals surface area (Å²) in [6.45, 7) is 0. The standard InChI is InChI=1S/C34H18F6N4O13/c35-33(36,37)30(52)41-13-1-3-18-21(9-13)54-22-10-14(42-31(53)34(38,39)40)2-4-19(22)32(18)20-12-16(29(51)57-44-25(47)7-8-26(44)48)15(11-17(20)27(49)55-32)28(50)56-43-23(45)5-6-24(43)46/h1-4,9-12H,5-8H2,(H,41,52)(H,42,53). The Bertz CT molecular complexity index is 2300. The first-order chi connectivity index (χ1) is 26.7. The second-order valence-corrected chi connectivity index (χ2v) is 12.4. The molecule has 7 rings (SSSR count). The predicted octanol–water partition coefficient (Wildman–Crippen LogP) is 3.70. The summed E-state index contributed by atoms with van der Waals surface area (Å²) in [6.07, 6.45) is -12.1. The highest BCUT2D eigenvalue weighted by Gasteiger charge is 2.55. The zero-order chi connectivity index (χ0) is 41.4. The van der Waals surface area contributed by atoms with E-state index in [4.69, 9.17) is 19.1 Å². The number of ether oxygens (including phenoxy) is 2. The average molecular weight is 805 g/mol. The number of hydroxylamine groups is 4. The second kappa shape index (κ2) is 13.2. The highest BCUT2D eigenvalue weighted by atomic mass is 19.4. The maximum Gasteiger partial charge on any atom is 0.471 e. The van der Waals surface area contributed by atoms with Crippen LogP contribution in [0.25, 0.3) is 0 Å². The third-order valence-electron chi connectivity index (χ3n) is 8.77. The molecule has 3 aromatic carbocycles. The Balaban J connectivity index is 1.42. The number of nitrogens with zero attached hydrogens (tertiary/aromatic N) is 2. The lowest BCUT2D eigenvalue weighted by Crippen LogP contribution is -2.35. The van der Waals surface area contributed by atoms with Crippen molar-refractivity contribution in [3.8, 4) is 11.5 Å². The van der Waals surface area contributed by atoms with Gasteiger partial charge in [0, 0.05) is 65.9 Å². The maximum atomic E-state index is 13.8. The molecule has 0 unspecified atom stereocenters. The Kier molecular flexibility index (Phi) is 8.77. The molecule has 4 aliphatic rings. The van der Waals surface area contributed by atoms with E-state index in [0.29, 0.717) is 6.07 Å². The first kappa shape index (κ1) is 38.0. The fraction of sp³-hybridized carbons (Fsp3) is 0.206. The van der Waals surface area contributed by atoms with Gasteiger partial charge in [-0.1, -0.05) is 0 Å². The van der Waals surface area contributed by atoms with E-state index in [2.05, 4.69) is 0 Å². The lowest BCUT2D eigenvalue weighted by molar-refractivity contribution is -0.174. The van der Waals surface area contributed by atoms with Crippen molar-refractivity contribution in [3.63, 3.8) is 0 Å². The fourth-order valence-electron chi connectivity index (χ4n) is 6.24. The molecule has 17 nitrogen and oxygen atoms in total. The molecule has 1 spiro atoms. The van der Waals surface area contributed by atoms with Crippen LogP contribution in [-0.4, -0.2) is 75.8 Å². The van der Waals surface area contributed by atoms with Crippen molar-refractivity contribution in [2.45, 2.75) is 43.6 Å². The fourth-order valence-corrected chi connectivity index (χ4v) is 6.24. The van der Waals surface area contributed by atoms with Crippen LogP contribution < -0.4 is 15.4 Å². The average Bonchev–Trinajstić information content (AvgIpc) is 3.73. The minimum atomic E-state index is -5.36. The molecule has 0 bridgehead atoms. The smallest absolute Gasteiger partial charge is 0.456 e. The van der Waals surface area contributed by atoms with Crippen molar-refractivity contribution in [1.29, 1.82) is 0 Å². The molecule has 0 aromatic heterocycles. The van der Waals surface area contributed by atoms with Gasteiger partial charge in [0.1, 0.15) is 11.5 Å². The molecule has 0 radical (unpaired) electrons. The highest BCUT2D eigenvalue weighted by Crippen LogP contribution is 2.57. The maximum absolute atomic E-state index is 13.8. The van der Waals surface area contributed by atoms with E-state index in [1.165, 1.54) is 0 Å². The van der Waals surface area contributed by atoms with E-state index in [1.54, 1.807) is 10.6 Å². The number of amides is 6. The van der Waals surface area contributed by atoms with Crippen LogP contribution in [0.1, 0.15) is 73.4 Å².